The molecule has 186 valence electrons. The van der Waals surface area contributed by atoms with Crippen LogP contribution in [0.5, 0.6) is 0 Å². The molecule has 1 amide bonds. The van der Waals surface area contributed by atoms with E-state index in [1.165, 1.54) is 23.2 Å². The predicted molar refractivity (Wildman–Crippen MR) is 125 cm³/mol. The topological polar surface area (TPSA) is 93.7 Å². The van der Waals surface area contributed by atoms with Crippen LogP contribution in [-0.2, 0) is 23.9 Å². The molecule has 0 aliphatic carbocycles. The molecule has 0 saturated carbocycles. The first kappa shape index (κ1) is 25.1. The molecule has 1 unspecified atom stereocenters. The molecule has 2 N–H and O–H groups in total. The summed E-state index contributed by atoms with van der Waals surface area (Å²) >= 11 is 5.99. The number of amides is 1. The summed E-state index contributed by atoms with van der Waals surface area (Å²) in [5.74, 6) is -0.108. The van der Waals surface area contributed by atoms with Crippen LogP contribution in [-0.4, -0.2) is 45.9 Å². The van der Waals surface area contributed by atoms with Gasteiger partial charge in [-0.1, -0.05) is 17.7 Å². The van der Waals surface area contributed by atoms with Gasteiger partial charge in [0.2, 0.25) is 0 Å². The summed E-state index contributed by atoms with van der Waals surface area (Å²) in [5, 5.41) is -0.606. The third-order valence-corrected chi connectivity index (χ3v) is 6.34. The SMILES string of the molecule is Cc1nc2c(c(C(C=CN)=NC3CCCCO3)n1)CCN(C(=O)c1cccc(C(F)(F)F)c1Cl)C2. The lowest BCUT2D eigenvalue weighted by Crippen LogP contribution is -2.38. The predicted octanol–water partition coefficient (Wildman–Crippen LogP) is 4.44. The van der Waals surface area contributed by atoms with E-state index in [9.17, 15) is 18.0 Å². The first-order valence-corrected chi connectivity index (χ1v) is 11.7. The van der Waals surface area contributed by atoms with Gasteiger partial charge in [0.1, 0.15) is 12.1 Å². The van der Waals surface area contributed by atoms with Crippen molar-refractivity contribution in [1.82, 2.24) is 14.9 Å². The number of hydrogen-bond acceptors (Lipinski definition) is 6. The molecule has 2 aliphatic heterocycles. The number of hydrogen-bond donors (Lipinski definition) is 1. The average Bonchev–Trinajstić information content (AvgIpc) is 2.82. The minimum Gasteiger partial charge on any atom is -0.405 e. The lowest BCUT2D eigenvalue weighted by Gasteiger charge is -2.30. The second-order valence-electron chi connectivity index (χ2n) is 8.38. The Labute approximate surface area is 205 Å². The molecule has 1 atom stereocenters. The van der Waals surface area contributed by atoms with Gasteiger partial charge in [-0.25, -0.2) is 9.97 Å². The largest absolute Gasteiger partial charge is 0.417 e. The lowest BCUT2D eigenvalue weighted by atomic mass is 9.98. The van der Waals surface area contributed by atoms with Gasteiger partial charge >= 0.3 is 6.18 Å². The second-order valence-corrected chi connectivity index (χ2v) is 8.76. The lowest BCUT2D eigenvalue weighted by molar-refractivity contribution is -0.137. The van der Waals surface area contributed by atoms with E-state index < -0.39 is 22.7 Å². The Morgan fingerprint density at radius 3 is 2.80 bits per heavy atom. The van der Waals surface area contributed by atoms with Gasteiger partial charge in [-0.15, -0.1) is 0 Å². The van der Waals surface area contributed by atoms with E-state index in [1.54, 1.807) is 13.0 Å². The Morgan fingerprint density at radius 1 is 1.31 bits per heavy atom. The number of aryl methyl sites for hydroxylation is 1. The van der Waals surface area contributed by atoms with Crippen LogP contribution in [0.4, 0.5) is 13.2 Å². The number of halogens is 4. The average molecular weight is 508 g/mol. The van der Waals surface area contributed by atoms with Crippen LogP contribution in [0.1, 0.15) is 58.0 Å². The van der Waals surface area contributed by atoms with Crippen LogP contribution < -0.4 is 5.73 Å². The molecule has 1 aromatic carbocycles. The highest BCUT2D eigenvalue weighted by atomic mass is 35.5. The van der Waals surface area contributed by atoms with Gasteiger partial charge in [0.25, 0.3) is 5.91 Å². The summed E-state index contributed by atoms with van der Waals surface area (Å²) in [6.45, 7) is 2.74. The number of ether oxygens (including phenoxy) is 1. The highest BCUT2D eigenvalue weighted by Gasteiger charge is 2.36. The number of benzene rings is 1. The number of allylic oxidation sites excluding steroid dienone is 1. The first-order chi connectivity index (χ1) is 16.7. The Balaban J connectivity index is 1.65. The third-order valence-electron chi connectivity index (χ3n) is 5.93. The van der Waals surface area contributed by atoms with Crippen molar-refractivity contribution in [3.05, 3.63) is 69.4 Å². The van der Waals surface area contributed by atoms with Crippen LogP contribution in [0, 0.1) is 6.92 Å². The van der Waals surface area contributed by atoms with Crippen molar-refractivity contribution in [2.24, 2.45) is 10.7 Å². The number of rotatable bonds is 4. The van der Waals surface area contributed by atoms with Crippen LogP contribution >= 0.6 is 11.6 Å². The first-order valence-electron chi connectivity index (χ1n) is 11.3. The van der Waals surface area contributed by atoms with E-state index in [1.807, 2.05) is 0 Å². The standard InChI is InChI=1S/C24H25ClF3N5O2/c1-14-30-19-13-33(23(34)16-5-4-6-17(21(16)25)24(26,27)28)11-9-15(19)22(31-14)18(8-10-29)32-20-7-2-3-12-35-20/h4-6,8,10,20H,2-3,7,9,11-13,29H2,1H3. The maximum absolute atomic E-state index is 13.3. The zero-order chi connectivity index (χ0) is 25.2. The van der Waals surface area contributed by atoms with Gasteiger partial charge in [-0.3, -0.25) is 9.79 Å². The molecule has 0 spiro atoms. The second kappa shape index (κ2) is 10.3. The minimum atomic E-state index is -4.66. The molecule has 11 heteroatoms. The van der Waals surface area contributed by atoms with Gasteiger partial charge in [0, 0.05) is 18.7 Å². The summed E-state index contributed by atoms with van der Waals surface area (Å²) in [6, 6.07) is 3.34. The molecule has 2 aromatic rings. The number of aromatic nitrogens is 2. The fourth-order valence-corrected chi connectivity index (χ4v) is 4.59. The van der Waals surface area contributed by atoms with Gasteiger partial charge in [-0.2, -0.15) is 13.2 Å². The molecular weight excluding hydrogens is 483 g/mol. The molecule has 1 aromatic heterocycles. The normalized spacial score (nSPS) is 19.2. The Kier molecular flexibility index (Phi) is 7.42. The van der Waals surface area contributed by atoms with Crippen LogP contribution in [0.2, 0.25) is 5.02 Å². The third kappa shape index (κ3) is 5.48. The Hall–Kier alpha value is -2.98. The summed E-state index contributed by atoms with van der Waals surface area (Å²) in [6.07, 6.45) is 1.32. The summed E-state index contributed by atoms with van der Waals surface area (Å²) < 4.78 is 45.5. The van der Waals surface area contributed by atoms with Crippen molar-refractivity contribution >= 4 is 23.2 Å². The van der Waals surface area contributed by atoms with Crippen molar-refractivity contribution in [2.45, 2.75) is 51.6 Å². The molecule has 2 aliphatic rings. The molecular formula is C24H25ClF3N5O2. The van der Waals surface area contributed by atoms with Crippen molar-refractivity contribution in [2.75, 3.05) is 13.2 Å². The number of nitrogens with zero attached hydrogens (tertiary/aromatic N) is 4. The smallest absolute Gasteiger partial charge is 0.405 e. The van der Waals surface area contributed by atoms with E-state index in [4.69, 9.17) is 27.1 Å². The monoisotopic (exact) mass is 507 g/mol. The maximum atomic E-state index is 13.3. The van der Waals surface area contributed by atoms with Gasteiger partial charge < -0.3 is 15.4 Å². The van der Waals surface area contributed by atoms with Gasteiger partial charge in [0.15, 0.2) is 0 Å². The molecule has 0 radical (unpaired) electrons. The number of nitrogens with two attached hydrogens (primary N) is 1. The van der Waals surface area contributed by atoms with Gasteiger partial charge in [0.05, 0.1) is 39.8 Å². The number of carbonyl (C=O) groups is 1. The molecule has 35 heavy (non-hydrogen) atoms. The quantitative estimate of drug-likeness (QED) is 0.617. The van der Waals surface area contributed by atoms with Gasteiger partial charge in [-0.05, 0) is 57.0 Å². The highest BCUT2D eigenvalue weighted by Crippen LogP contribution is 2.37. The molecule has 0 bridgehead atoms. The molecule has 3 heterocycles. The van der Waals surface area contributed by atoms with E-state index in [2.05, 4.69) is 9.97 Å². The minimum absolute atomic E-state index is 0.108. The Morgan fingerprint density at radius 2 is 2.11 bits per heavy atom. The summed E-state index contributed by atoms with van der Waals surface area (Å²) in [7, 11) is 0. The Bertz CT molecular complexity index is 1180. The van der Waals surface area contributed by atoms with Crippen molar-refractivity contribution in [1.29, 1.82) is 0 Å². The van der Waals surface area contributed by atoms with Crippen LogP contribution in [0.15, 0.2) is 35.5 Å². The van der Waals surface area contributed by atoms with E-state index in [0.717, 1.165) is 30.9 Å². The van der Waals surface area contributed by atoms with Crippen molar-refractivity contribution < 1.29 is 22.7 Å². The highest BCUT2D eigenvalue weighted by molar-refractivity contribution is 6.34. The van der Waals surface area contributed by atoms with Crippen molar-refractivity contribution in [3.63, 3.8) is 0 Å². The zero-order valence-corrected chi connectivity index (χ0v) is 19.9. The molecule has 1 fully saturated rings. The van der Waals surface area contributed by atoms with E-state index in [0.29, 0.717) is 36.0 Å². The van der Waals surface area contributed by atoms with Crippen molar-refractivity contribution in [3.8, 4) is 0 Å². The molecule has 1 saturated heterocycles. The van der Waals surface area contributed by atoms with Crippen LogP contribution in [0.25, 0.3) is 0 Å². The maximum Gasteiger partial charge on any atom is 0.417 e. The fraction of sp³-hybridized carbons (Fsp3) is 0.417. The zero-order valence-electron chi connectivity index (χ0n) is 19.1. The number of fused-ring (bicyclic) bond motifs is 1. The molecule has 7 nitrogen and oxygen atoms in total. The van der Waals surface area contributed by atoms with E-state index >= 15 is 0 Å². The number of carbonyl (C=O) groups excluding carboxylic acids is 1. The fourth-order valence-electron chi connectivity index (χ4n) is 4.28. The molecule has 4 rings (SSSR count). The van der Waals surface area contributed by atoms with E-state index in [-0.39, 0.29) is 24.9 Å². The number of aliphatic imine (C=N–C) groups is 1. The summed E-state index contributed by atoms with van der Waals surface area (Å²) in [5.41, 5.74) is 7.06. The van der Waals surface area contributed by atoms with Crippen LogP contribution in [0.3, 0.4) is 0 Å². The number of alkyl halides is 3. The summed E-state index contributed by atoms with van der Waals surface area (Å²) in [4.78, 5) is 28.4.